The Morgan fingerprint density at radius 2 is 1.80 bits per heavy atom. The predicted octanol–water partition coefficient (Wildman–Crippen LogP) is 0.962. The van der Waals surface area contributed by atoms with Gasteiger partial charge in [0, 0.05) is 26.1 Å². The van der Waals surface area contributed by atoms with E-state index in [1.165, 1.54) is 0 Å². The van der Waals surface area contributed by atoms with Crippen LogP contribution in [0.2, 0.25) is 0 Å². The van der Waals surface area contributed by atoms with E-state index < -0.39 is 0 Å². The van der Waals surface area contributed by atoms with Crippen LogP contribution in [0.1, 0.15) is 18.7 Å². The fourth-order valence-electron chi connectivity index (χ4n) is 3.19. The Hall–Kier alpha value is -2.18. The first kappa shape index (κ1) is 12.8. The van der Waals surface area contributed by atoms with Crippen molar-refractivity contribution in [2.24, 2.45) is 5.92 Å². The predicted molar refractivity (Wildman–Crippen MR) is 70.8 cm³/mol. The minimum absolute atomic E-state index is 0.00606. The van der Waals surface area contributed by atoms with Gasteiger partial charge in [-0.2, -0.15) is 0 Å². The van der Waals surface area contributed by atoms with E-state index in [0.29, 0.717) is 5.76 Å². The average molecular weight is 278 g/mol. The van der Waals surface area contributed by atoms with Gasteiger partial charge in [-0.05, 0) is 19.1 Å². The highest BCUT2D eigenvalue weighted by molar-refractivity contribution is 5.80. The first-order valence-corrected chi connectivity index (χ1v) is 6.60. The van der Waals surface area contributed by atoms with Crippen molar-refractivity contribution in [3.63, 3.8) is 0 Å². The minimum atomic E-state index is -0.289. The lowest BCUT2D eigenvalue weighted by Gasteiger charge is -2.52. The van der Waals surface area contributed by atoms with Gasteiger partial charge in [-0.1, -0.05) is 0 Å². The van der Waals surface area contributed by atoms with Crippen molar-refractivity contribution < 1.29 is 14.0 Å². The lowest BCUT2D eigenvalue weighted by atomic mass is 9.83. The highest BCUT2D eigenvalue weighted by atomic mass is 16.3. The number of carbonyl (C=O) groups is 2. The molecule has 4 atom stereocenters. The van der Waals surface area contributed by atoms with Crippen LogP contribution in [-0.2, 0) is 0 Å². The van der Waals surface area contributed by atoms with Gasteiger partial charge in [0.15, 0.2) is 0 Å². The number of urea groups is 2. The van der Waals surface area contributed by atoms with Crippen LogP contribution in [0.3, 0.4) is 0 Å². The first-order valence-electron chi connectivity index (χ1n) is 6.60. The van der Waals surface area contributed by atoms with Gasteiger partial charge in [-0.15, -0.1) is 0 Å². The smallest absolute Gasteiger partial charge is 0.319 e. The average Bonchev–Trinajstić information content (AvgIpc) is 2.92. The fourth-order valence-corrected chi connectivity index (χ4v) is 3.19. The Balaban J connectivity index is 2.02. The van der Waals surface area contributed by atoms with E-state index in [1.54, 1.807) is 36.2 Å². The summed E-state index contributed by atoms with van der Waals surface area (Å²) in [5.41, 5.74) is 0. The van der Waals surface area contributed by atoms with Gasteiger partial charge in [0.05, 0.1) is 12.3 Å². The summed E-state index contributed by atoms with van der Waals surface area (Å²) in [6.45, 7) is 1.95. The van der Waals surface area contributed by atoms with E-state index in [1.807, 2.05) is 13.0 Å². The SMILES string of the molecule is C[C@@H]1NC(=O)N(C)[C@@H]2[C@H]1[C@H](c1ccco1)NC(=O)N2C. The third-order valence-corrected chi connectivity index (χ3v) is 4.22. The number of nitrogens with one attached hydrogen (secondary N) is 2. The molecule has 0 spiro atoms. The van der Waals surface area contributed by atoms with Crippen molar-refractivity contribution in [2.75, 3.05) is 14.1 Å². The molecule has 3 rings (SSSR count). The van der Waals surface area contributed by atoms with Crippen molar-refractivity contribution in [2.45, 2.75) is 25.2 Å². The molecule has 0 bridgehead atoms. The molecule has 7 heteroatoms. The molecule has 20 heavy (non-hydrogen) atoms. The Bertz CT molecular complexity index is 526. The topological polar surface area (TPSA) is 77.8 Å². The molecule has 2 fully saturated rings. The zero-order valence-electron chi connectivity index (χ0n) is 11.7. The normalized spacial score (nSPS) is 33.5. The van der Waals surface area contributed by atoms with Crippen molar-refractivity contribution in [3.8, 4) is 0 Å². The summed E-state index contributed by atoms with van der Waals surface area (Å²) in [6.07, 6.45) is 1.30. The zero-order valence-corrected chi connectivity index (χ0v) is 11.7. The fraction of sp³-hybridized carbons (Fsp3) is 0.538. The Kier molecular flexibility index (Phi) is 2.84. The molecule has 2 aliphatic heterocycles. The lowest BCUT2D eigenvalue weighted by Crippen LogP contribution is -2.71. The number of rotatable bonds is 1. The van der Waals surface area contributed by atoms with E-state index in [0.717, 1.165) is 0 Å². The Morgan fingerprint density at radius 1 is 1.15 bits per heavy atom. The highest BCUT2D eigenvalue weighted by Crippen LogP contribution is 2.36. The van der Waals surface area contributed by atoms with Gasteiger partial charge < -0.3 is 24.9 Å². The molecular weight excluding hydrogens is 260 g/mol. The maximum absolute atomic E-state index is 12.1. The van der Waals surface area contributed by atoms with Crippen LogP contribution >= 0.6 is 0 Å². The Morgan fingerprint density at radius 3 is 2.40 bits per heavy atom. The summed E-state index contributed by atoms with van der Waals surface area (Å²) in [5.74, 6) is 0.712. The van der Waals surface area contributed by atoms with Crippen molar-refractivity contribution in [1.29, 1.82) is 0 Å². The number of hydrogen-bond donors (Lipinski definition) is 2. The third kappa shape index (κ3) is 1.73. The quantitative estimate of drug-likeness (QED) is 0.803. The summed E-state index contributed by atoms with van der Waals surface area (Å²) in [5, 5.41) is 5.87. The molecule has 108 valence electrons. The molecule has 4 amide bonds. The van der Waals surface area contributed by atoms with Crippen LogP contribution < -0.4 is 10.6 Å². The van der Waals surface area contributed by atoms with E-state index in [-0.39, 0.29) is 36.2 Å². The summed E-state index contributed by atoms with van der Waals surface area (Å²) >= 11 is 0. The number of fused-ring (bicyclic) bond motifs is 1. The molecule has 1 aromatic heterocycles. The van der Waals surface area contributed by atoms with Crippen molar-refractivity contribution in [1.82, 2.24) is 20.4 Å². The van der Waals surface area contributed by atoms with Crippen LogP contribution in [0.4, 0.5) is 9.59 Å². The van der Waals surface area contributed by atoms with Gasteiger partial charge >= 0.3 is 12.1 Å². The molecule has 2 aliphatic rings. The van der Waals surface area contributed by atoms with Gasteiger partial charge in [0.25, 0.3) is 0 Å². The monoisotopic (exact) mass is 278 g/mol. The molecule has 0 aliphatic carbocycles. The lowest BCUT2D eigenvalue weighted by molar-refractivity contribution is -0.00216. The van der Waals surface area contributed by atoms with Gasteiger partial charge in [-0.3, -0.25) is 0 Å². The van der Waals surface area contributed by atoms with Crippen molar-refractivity contribution in [3.05, 3.63) is 24.2 Å². The second kappa shape index (κ2) is 4.43. The van der Waals surface area contributed by atoms with E-state index in [4.69, 9.17) is 4.42 Å². The largest absolute Gasteiger partial charge is 0.467 e. The minimum Gasteiger partial charge on any atom is -0.467 e. The summed E-state index contributed by atoms with van der Waals surface area (Å²) in [7, 11) is 3.40. The number of furan rings is 1. The standard InChI is InChI=1S/C13H18N4O3/c1-7-9-10(8-5-4-6-20-8)15-13(19)17(3)11(9)16(2)12(18)14-7/h4-7,9-11H,1-3H3,(H,14,18)(H,15,19)/t7-,9+,10-,11-/m0/s1. The van der Waals surface area contributed by atoms with Crippen LogP contribution in [0.25, 0.3) is 0 Å². The molecule has 7 nitrogen and oxygen atoms in total. The van der Waals surface area contributed by atoms with Gasteiger partial charge in [0.2, 0.25) is 0 Å². The molecule has 0 saturated carbocycles. The number of hydrogen-bond acceptors (Lipinski definition) is 3. The number of amides is 4. The third-order valence-electron chi connectivity index (χ3n) is 4.22. The Labute approximate surface area is 116 Å². The van der Waals surface area contributed by atoms with Crippen molar-refractivity contribution >= 4 is 12.1 Å². The molecular formula is C13H18N4O3. The molecule has 2 saturated heterocycles. The molecule has 1 aromatic rings. The zero-order chi connectivity index (χ0) is 14.4. The first-order chi connectivity index (χ1) is 9.50. The van der Waals surface area contributed by atoms with E-state index in [9.17, 15) is 9.59 Å². The van der Waals surface area contributed by atoms with Crippen LogP contribution in [0, 0.1) is 5.92 Å². The molecule has 0 aromatic carbocycles. The molecule has 0 radical (unpaired) electrons. The van der Waals surface area contributed by atoms with Crippen LogP contribution in [-0.4, -0.2) is 48.2 Å². The van der Waals surface area contributed by atoms with Gasteiger partial charge in [0.1, 0.15) is 11.9 Å². The van der Waals surface area contributed by atoms with E-state index >= 15 is 0 Å². The number of carbonyl (C=O) groups excluding carboxylic acids is 2. The van der Waals surface area contributed by atoms with E-state index in [2.05, 4.69) is 10.6 Å². The molecule has 0 unspecified atom stereocenters. The highest BCUT2D eigenvalue weighted by Gasteiger charge is 2.50. The molecule has 2 N–H and O–H groups in total. The van der Waals surface area contributed by atoms with Crippen LogP contribution in [0.15, 0.2) is 22.8 Å². The summed E-state index contributed by atoms with van der Waals surface area (Å²) in [4.78, 5) is 27.2. The number of nitrogens with zero attached hydrogens (tertiary/aromatic N) is 2. The summed E-state index contributed by atoms with van der Waals surface area (Å²) < 4.78 is 5.45. The van der Waals surface area contributed by atoms with Crippen LogP contribution in [0.5, 0.6) is 0 Å². The second-order valence-electron chi connectivity index (χ2n) is 5.39. The maximum Gasteiger partial charge on any atom is 0.319 e. The summed E-state index contributed by atoms with van der Waals surface area (Å²) in [6, 6.07) is 2.94. The maximum atomic E-state index is 12.1. The molecule has 3 heterocycles. The van der Waals surface area contributed by atoms with Gasteiger partial charge in [-0.25, -0.2) is 9.59 Å². The second-order valence-corrected chi connectivity index (χ2v) is 5.39.